The van der Waals surface area contributed by atoms with Crippen molar-refractivity contribution in [2.24, 2.45) is 17.1 Å². The molecule has 1 heterocycles. The summed E-state index contributed by atoms with van der Waals surface area (Å²) in [5.41, 5.74) is 5.69. The fourth-order valence-electron chi connectivity index (χ4n) is 7.66. The van der Waals surface area contributed by atoms with Gasteiger partial charge in [-0.05, 0) is 58.3 Å². The first-order valence-electron chi connectivity index (χ1n) is 13.9. The number of ether oxygens (including phenoxy) is 2. The summed E-state index contributed by atoms with van der Waals surface area (Å²) in [5.74, 6) is 0.0795. The van der Waals surface area contributed by atoms with E-state index in [4.69, 9.17) is 15.2 Å². The van der Waals surface area contributed by atoms with Gasteiger partial charge < -0.3 is 25.4 Å². The van der Waals surface area contributed by atoms with Gasteiger partial charge in [-0.3, -0.25) is 15.1 Å². The Labute approximate surface area is 205 Å². The third-order valence-electron chi connectivity index (χ3n) is 9.79. The zero-order valence-corrected chi connectivity index (χ0v) is 21.3. The van der Waals surface area contributed by atoms with Gasteiger partial charge in [0.25, 0.3) is 0 Å². The number of hydrogen-bond donors (Lipinski definition) is 4. The van der Waals surface area contributed by atoms with Gasteiger partial charge in [0.2, 0.25) is 0 Å². The molecule has 8 heteroatoms. The number of nitrogens with zero attached hydrogens (tertiary/aromatic N) is 2. The Kier molecular flexibility index (Phi) is 7.61. The summed E-state index contributed by atoms with van der Waals surface area (Å²) >= 11 is 0. The van der Waals surface area contributed by atoms with Gasteiger partial charge in [-0.25, -0.2) is 0 Å². The average molecular weight is 481 g/mol. The van der Waals surface area contributed by atoms with E-state index in [1.807, 2.05) is 0 Å². The molecule has 1 saturated heterocycles. The zero-order valence-electron chi connectivity index (χ0n) is 21.3. The molecular weight excluding hydrogens is 432 g/mol. The van der Waals surface area contributed by atoms with Gasteiger partial charge in [-0.2, -0.15) is 0 Å². The molecule has 5 fully saturated rings. The SMILES string of the molecule is COCCOC1CCCC(N2CCN(C3C(O)C34CCCCC4C(O)NC3(N)CC3)C(C)C2)C1. The lowest BCUT2D eigenvalue weighted by Crippen LogP contribution is -2.58. The Hall–Kier alpha value is -0.320. The normalized spacial score (nSPS) is 43.7. The lowest BCUT2D eigenvalue weighted by atomic mass is 9.74. The van der Waals surface area contributed by atoms with Crippen molar-refractivity contribution in [2.75, 3.05) is 40.0 Å². The first kappa shape index (κ1) is 25.3. The number of nitrogens with two attached hydrogens (primary N) is 1. The summed E-state index contributed by atoms with van der Waals surface area (Å²) in [4.78, 5) is 5.24. The summed E-state index contributed by atoms with van der Waals surface area (Å²) in [5, 5.41) is 25.7. The van der Waals surface area contributed by atoms with Crippen LogP contribution in [0.5, 0.6) is 0 Å². The topological polar surface area (TPSA) is 103 Å². The van der Waals surface area contributed by atoms with Crippen LogP contribution < -0.4 is 11.1 Å². The molecule has 34 heavy (non-hydrogen) atoms. The first-order valence-corrected chi connectivity index (χ1v) is 13.9. The maximum Gasteiger partial charge on any atom is 0.109 e. The molecule has 5 rings (SSSR count). The summed E-state index contributed by atoms with van der Waals surface area (Å²) in [7, 11) is 1.73. The Morgan fingerprint density at radius 1 is 1.09 bits per heavy atom. The highest BCUT2D eigenvalue weighted by Crippen LogP contribution is 2.63. The Morgan fingerprint density at radius 2 is 1.91 bits per heavy atom. The number of rotatable bonds is 9. The van der Waals surface area contributed by atoms with Crippen molar-refractivity contribution in [3.05, 3.63) is 0 Å². The van der Waals surface area contributed by atoms with Crippen LogP contribution in [0.4, 0.5) is 0 Å². The van der Waals surface area contributed by atoms with Gasteiger partial charge in [-0.1, -0.05) is 12.8 Å². The molecule has 0 aromatic carbocycles. The molecule has 0 bridgehead atoms. The van der Waals surface area contributed by atoms with Crippen LogP contribution >= 0.6 is 0 Å². The van der Waals surface area contributed by atoms with Gasteiger partial charge in [0.1, 0.15) is 6.23 Å². The highest BCUT2D eigenvalue weighted by atomic mass is 16.5. The molecule has 196 valence electrons. The van der Waals surface area contributed by atoms with Crippen molar-refractivity contribution < 1.29 is 19.7 Å². The van der Waals surface area contributed by atoms with E-state index < -0.39 is 11.9 Å². The van der Waals surface area contributed by atoms with Crippen molar-refractivity contribution in [2.45, 2.75) is 113 Å². The van der Waals surface area contributed by atoms with E-state index in [1.165, 1.54) is 12.8 Å². The second-order valence-electron chi connectivity index (χ2n) is 12.0. The van der Waals surface area contributed by atoms with Crippen LogP contribution in [0, 0.1) is 11.3 Å². The highest BCUT2D eigenvalue weighted by molar-refractivity contribution is 5.23. The van der Waals surface area contributed by atoms with Gasteiger partial charge in [0, 0.05) is 56.2 Å². The van der Waals surface area contributed by atoms with Crippen molar-refractivity contribution in [1.82, 2.24) is 15.1 Å². The molecule has 0 amide bonds. The van der Waals surface area contributed by atoms with E-state index >= 15 is 0 Å². The Morgan fingerprint density at radius 3 is 2.65 bits per heavy atom. The number of hydrogen-bond acceptors (Lipinski definition) is 8. The van der Waals surface area contributed by atoms with Crippen molar-refractivity contribution in [3.63, 3.8) is 0 Å². The molecule has 0 radical (unpaired) electrons. The maximum atomic E-state index is 11.3. The van der Waals surface area contributed by atoms with E-state index in [1.54, 1.807) is 7.11 Å². The van der Waals surface area contributed by atoms with Gasteiger partial charge in [-0.15, -0.1) is 0 Å². The lowest BCUT2D eigenvalue weighted by Gasteiger charge is -2.47. The molecule has 0 aromatic heterocycles. The van der Waals surface area contributed by atoms with Crippen molar-refractivity contribution in [3.8, 4) is 0 Å². The molecule has 5 aliphatic rings. The second-order valence-corrected chi connectivity index (χ2v) is 12.0. The largest absolute Gasteiger partial charge is 0.391 e. The standard InChI is InChI=1S/C26H48N4O4/c1-18-17-29(19-6-5-7-20(16-19)34-15-14-33-2)12-13-30(18)22-23(31)26(22)9-4-3-8-21(26)24(32)28-25(27)10-11-25/h18-24,28,31-32H,3-17,27H2,1-2H3. The number of aliphatic hydroxyl groups excluding tert-OH is 2. The maximum absolute atomic E-state index is 11.3. The van der Waals surface area contributed by atoms with Gasteiger partial charge >= 0.3 is 0 Å². The molecule has 4 aliphatic carbocycles. The minimum Gasteiger partial charge on any atom is -0.391 e. The Balaban J connectivity index is 1.19. The predicted molar refractivity (Wildman–Crippen MR) is 131 cm³/mol. The molecule has 1 aliphatic heterocycles. The fourth-order valence-corrected chi connectivity index (χ4v) is 7.66. The highest BCUT2D eigenvalue weighted by Gasteiger charge is 2.71. The lowest BCUT2D eigenvalue weighted by molar-refractivity contribution is -0.0416. The van der Waals surface area contributed by atoms with Gasteiger partial charge in [0.15, 0.2) is 0 Å². The average Bonchev–Trinajstić information content (AvgIpc) is 3.70. The van der Waals surface area contributed by atoms with E-state index in [0.29, 0.717) is 31.4 Å². The Bertz CT molecular complexity index is 694. The summed E-state index contributed by atoms with van der Waals surface area (Å²) in [6.45, 7) is 6.77. The number of aliphatic hydroxyl groups is 2. The molecule has 1 spiro atoms. The van der Waals surface area contributed by atoms with Crippen LogP contribution in [0.3, 0.4) is 0 Å². The summed E-state index contributed by atoms with van der Waals surface area (Å²) in [6.07, 6.45) is 10.3. The molecule has 0 aromatic rings. The molecular formula is C26H48N4O4. The van der Waals surface area contributed by atoms with Gasteiger partial charge in [0.05, 0.1) is 31.1 Å². The van der Waals surface area contributed by atoms with E-state index in [2.05, 4.69) is 22.0 Å². The smallest absolute Gasteiger partial charge is 0.109 e. The van der Waals surface area contributed by atoms with Crippen LogP contribution in [0.25, 0.3) is 0 Å². The molecule has 8 nitrogen and oxygen atoms in total. The van der Waals surface area contributed by atoms with Crippen LogP contribution in [-0.4, -0.2) is 102 Å². The number of nitrogens with one attached hydrogen (secondary N) is 1. The van der Waals surface area contributed by atoms with Crippen LogP contribution in [0.15, 0.2) is 0 Å². The van der Waals surface area contributed by atoms with Crippen LogP contribution in [0.1, 0.15) is 71.1 Å². The summed E-state index contributed by atoms with van der Waals surface area (Å²) < 4.78 is 11.2. The zero-order chi connectivity index (χ0) is 23.9. The first-order chi connectivity index (χ1) is 16.4. The quantitative estimate of drug-likeness (QED) is 0.289. The third-order valence-corrected chi connectivity index (χ3v) is 9.79. The molecule has 8 unspecified atom stereocenters. The molecule has 4 saturated carbocycles. The van der Waals surface area contributed by atoms with E-state index in [9.17, 15) is 10.2 Å². The number of piperazine rings is 1. The third kappa shape index (κ3) is 4.94. The predicted octanol–water partition coefficient (Wildman–Crippen LogP) is 1.24. The van der Waals surface area contributed by atoms with E-state index in [-0.39, 0.29) is 23.5 Å². The van der Waals surface area contributed by atoms with Crippen LogP contribution in [-0.2, 0) is 9.47 Å². The fraction of sp³-hybridized carbons (Fsp3) is 1.00. The van der Waals surface area contributed by atoms with Crippen molar-refractivity contribution >= 4 is 0 Å². The summed E-state index contributed by atoms with van der Waals surface area (Å²) in [6, 6.07) is 1.16. The van der Waals surface area contributed by atoms with Crippen molar-refractivity contribution in [1.29, 1.82) is 0 Å². The molecule has 8 atom stereocenters. The minimum atomic E-state index is -0.624. The minimum absolute atomic E-state index is 0.0795. The van der Waals surface area contributed by atoms with Crippen LogP contribution in [0.2, 0.25) is 0 Å². The van der Waals surface area contributed by atoms with E-state index in [0.717, 1.165) is 71.0 Å². The monoisotopic (exact) mass is 480 g/mol. The second kappa shape index (κ2) is 10.2. The number of methoxy groups -OCH3 is 1. The molecule has 5 N–H and O–H groups in total.